The third-order valence-corrected chi connectivity index (χ3v) is 7.36. The summed E-state index contributed by atoms with van der Waals surface area (Å²) in [5.74, 6) is 2.71. The first-order valence-corrected chi connectivity index (χ1v) is 11.8. The summed E-state index contributed by atoms with van der Waals surface area (Å²) in [4.78, 5) is 13.4. The lowest BCUT2D eigenvalue weighted by Gasteiger charge is -2.22. The van der Waals surface area contributed by atoms with Crippen LogP contribution in [-0.2, 0) is 10.2 Å². The van der Waals surface area contributed by atoms with Crippen LogP contribution >= 0.6 is 11.8 Å². The Morgan fingerprint density at radius 2 is 1.83 bits per heavy atom. The molecule has 2 aliphatic rings. The Labute approximate surface area is 178 Å². The van der Waals surface area contributed by atoms with Crippen LogP contribution in [0.2, 0.25) is 0 Å². The fraction of sp³-hybridized carbons (Fsp3) is 0.480. The Balaban J connectivity index is 1.22. The van der Waals surface area contributed by atoms with Gasteiger partial charge in [0, 0.05) is 16.3 Å². The number of rotatable bonds is 7. The number of benzene rings is 2. The molecule has 0 atom stereocenters. The predicted molar refractivity (Wildman–Crippen MR) is 121 cm³/mol. The van der Waals surface area contributed by atoms with E-state index in [2.05, 4.69) is 29.6 Å². The van der Waals surface area contributed by atoms with Crippen molar-refractivity contribution in [2.75, 3.05) is 17.7 Å². The van der Waals surface area contributed by atoms with Crippen molar-refractivity contribution in [2.24, 2.45) is 0 Å². The normalized spacial score (nSPS) is 18.3. The van der Waals surface area contributed by atoms with Gasteiger partial charge in [-0.3, -0.25) is 4.79 Å². The Bertz CT molecular complexity index is 854. The standard InChI is InChI=1S/C25H31NO2S/c1-25(2)22-17-20(11-14-23(22)26-24(25)27)28-15-6-16-29-21-12-9-19(10-13-21)18-7-4-3-5-8-18/h9-14,17-18H,3-8,15-16H2,1-2H3,(H,26,27). The fourth-order valence-electron chi connectivity index (χ4n) is 4.35. The van der Waals surface area contributed by atoms with Gasteiger partial charge in [-0.05, 0) is 80.5 Å². The summed E-state index contributed by atoms with van der Waals surface area (Å²) in [7, 11) is 0. The highest BCUT2D eigenvalue weighted by Crippen LogP contribution is 2.39. The Morgan fingerprint density at radius 3 is 2.59 bits per heavy atom. The molecule has 1 aliphatic heterocycles. The first-order valence-electron chi connectivity index (χ1n) is 10.9. The van der Waals surface area contributed by atoms with Crippen molar-refractivity contribution in [3.8, 4) is 5.75 Å². The van der Waals surface area contributed by atoms with Crippen molar-refractivity contribution in [3.63, 3.8) is 0 Å². The summed E-state index contributed by atoms with van der Waals surface area (Å²) >= 11 is 1.90. The van der Waals surface area contributed by atoms with Gasteiger partial charge in [0.2, 0.25) is 5.91 Å². The van der Waals surface area contributed by atoms with Crippen molar-refractivity contribution in [3.05, 3.63) is 53.6 Å². The third-order valence-electron chi connectivity index (χ3n) is 6.26. The van der Waals surface area contributed by atoms with E-state index in [4.69, 9.17) is 4.74 Å². The molecule has 0 saturated heterocycles. The van der Waals surface area contributed by atoms with E-state index in [0.29, 0.717) is 6.61 Å². The van der Waals surface area contributed by atoms with Crippen LogP contribution in [0, 0.1) is 0 Å². The van der Waals surface area contributed by atoms with E-state index >= 15 is 0 Å². The maximum atomic E-state index is 12.1. The zero-order valence-corrected chi connectivity index (χ0v) is 18.3. The molecule has 1 aliphatic carbocycles. The molecular weight excluding hydrogens is 378 g/mol. The third kappa shape index (κ3) is 4.63. The van der Waals surface area contributed by atoms with Gasteiger partial charge in [-0.25, -0.2) is 0 Å². The Morgan fingerprint density at radius 1 is 1.07 bits per heavy atom. The van der Waals surface area contributed by atoms with Crippen LogP contribution in [0.3, 0.4) is 0 Å². The second kappa shape index (κ2) is 8.83. The number of fused-ring (bicyclic) bond motifs is 1. The van der Waals surface area contributed by atoms with Crippen molar-refractivity contribution in [1.29, 1.82) is 0 Å². The first kappa shape index (κ1) is 20.3. The van der Waals surface area contributed by atoms with Crippen molar-refractivity contribution in [1.82, 2.24) is 0 Å². The summed E-state index contributed by atoms with van der Waals surface area (Å²) in [5, 5.41) is 2.94. The minimum absolute atomic E-state index is 0.0514. The van der Waals surface area contributed by atoms with Gasteiger partial charge in [0.05, 0.1) is 12.0 Å². The minimum Gasteiger partial charge on any atom is -0.494 e. The first-order chi connectivity index (χ1) is 14.0. The molecule has 2 aromatic rings. The molecule has 29 heavy (non-hydrogen) atoms. The molecule has 2 aromatic carbocycles. The van der Waals surface area contributed by atoms with Crippen LogP contribution in [0.15, 0.2) is 47.4 Å². The van der Waals surface area contributed by atoms with Gasteiger partial charge < -0.3 is 10.1 Å². The molecule has 0 radical (unpaired) electrons. The molecule has 1 fully saturated rings. The van der Waals surface area contributed by atoms with Crippen LogP contribution in [-0.4, -0.2) is 18.3 Å². The Hall–Kier alpha value is -1.94. The average molecular weight is 410 g/mol. The van der Waals surface area contributed by atoms with Crippen LogP contribution in [0.25, 0.3) is 0 Å². The second-order valence-electron chi connectivity index (χ2n) is 8.74. The Kier molecular flexibility index (Phi) is 6.19. The van der Waals surface area contributed by atoms with Gasteiger partial charge in [-0.2, -0.15) is 0 Å². The van der Waals surface area contributed by atoms with Gasteiger partial charge >= 0.3 is 0 Å². The predicted octanol–water partition coefficient (Wildman–Crippen LogP) is 6.53. The molecule has 1 amide bonds. The molecular formula is C25H31NO2S. The van der Waals surface area contributed by atoms with Crippen molar-refractivity contribution >= 4 is 23.4 Å². The van der Waals surface area contributed by atoms with Crippen LogP contribution < -0.4 is 10.1 Å². The van der Waals surface area contributed by atoms with Gasteiger partial charge in [0.1, 0.15) is 5.75 Å². The highest BCUT2D eigenvalue weighted by molar-refractivity contribution is 7.99. The number of amides is 1. The highest BCUT2D eigenvalue weighted by atomic mass is 32.2. The van der Waals surface area contributed by atoms with E-state index in [-0.39, 0.29) is 5.91 Å². The number of ether oxygens (including phenoxy) is 1. The van der Waals surface area contributed by atoms with E-state index in [9.17, 15) is 4.79 Å². The van der Waals surface area contributed by atoms with Crippen LogP contribution in [0.1, 0.15) is 69.4 Å². The number of anilines is 1. The second-order valence-corrected chi connectivity index (χ2v) is 9.91. The topological polar surface area (TPSA) is 38.3 Å². The molecule has 0 bridgehead atoms. The zero-order valence-electron chi connectivity index (χ0n) is 17.5. The molecule has 1 saturated carbocycles. The monoisotopic (exact) mass is 409 g/mol. The molecule has 154 valence electrons. The maximum Gasteiger partial charge on any atom is 0.234 e. The van der Waals surface area contributed by atoms with Gasteiger partial charge in [-0.15, -0.1) is 11.8 Å². The summed E-state index contributed by atoms with van der Waals surface area (Å²) < 4.78 is 5.94. The molecule has 3 nitrogen and oxygen atoms in total. The number of nitrogens with one attached hydrogen (secondary N) is 1. The maximum absolute atomic E-state index is 12.1. The van der Waals surface area contributed by atoms with E-state index in [1.54, 1.807) is 0 Å². The van der Waals surface area contributed by atoms with Crippen LogP contribution in [0.5, 0.6) is 5.75 Å². The smallest absolute Gasteiger partial charge is 0.234 e. The zero-order chi connectivity index (χ0) is 20.3. The summed E-state index contributed by atoms with van der Waals surface area (Å²) in [6, 6.07) is 15.1. The number of carbonyl (C=O) groups excluding carboxylic acids is 1. The SMILES string of the molecule is CC1(C)C(=O)Nc2ccc(OCCCSc3ccc(C4CCCCC4)cc3)cc21. The van der Waals surface area contributed by atoms with Crippen LogP contribution in [0.4, 0.5) is 5.69 Å². The molecule has 1 heterocycles. The van der Waals surface area contributed by atoms with Crippen molar-refractivity contribution < 1.29 is 9.53 Å². The summed E-state index contributed by atoms with van der Waals surface area (Å²) in [6.45, 7) is 4.59. The largest absolute Gasteiger partial charge is 0.494 e. The van der Waals surface area contributed by atoms with E-state index < -0.39 is 5.41 Å². The number of hydrogen-bond acceptors (Lipinski definition) is 3. The quantitative estimate of drug-likeness (QED) is 0.417. The fourth-order valence-corrected chi connectivity index (χ4v) is 5.18. The van der Waals surface area contributed by atoms with Gasteiger partial charge in [0.25, 0.3) is 0 Å². The lowest BCUT2D eigenvalue weighted by atomic mass is 9.84. The molecule has 0 aromatic heterocycles. The van der Waals surface area contributed by atoms with E-state index in [1.165, 1.54) is 42.6 Å². The molecule has 1 N–H and O–H groups in total. The van der Waals surface area contributed by atoms with E-state index in [0.717, 1.165) is 35.1 Å². The number of thioether (sulfide) groups is 1. The molecule has 4 heteroatoms. The lowest BCUT2D eigenvalue weighted by molar-refractivity contribution is -0.119. The molecule has 0 unspecified atom stereocenters. The highest BCUT2D eigenvalue weighted by Gasteiger charge is 2.38. The minimum atomic E-state index is -0.492. The van der Waals surface area contributed by atoms with Gasteiger partial charge in [0.15, 0.2) is 0 Å². The average Bonchev–Trinajstić information content (AvgIpc) is 2.97. The summed E-state index contributed by atoms with van der Waals surface area (Å²) in [5.41, 5.74) is 2.95. The van der Waals surface area contributed by atoms with E-state index in [1.807, 2.05) is 43.8 Å². The molecule has 4 rings (SSSR count). The summed E-state index contributed by atoms with van der Waals surface area (Å²) in [6.07, 6.45) is 7.88. The van der Waals surface area contributed by atoms with Crippen molar-refractivity contribution in [2.45, 2.75) is 68.6 Å². The lowest BCUT2D eigenvalue weighted by Crippen LogP contribution is -2.26. The van der Waals surface area contributed by atoms with Gasteiger partial charge in [-0.1, -0.05) is 31.4 Å². The number of hydrogen-bond donors (Lipinski definition) is 1. The molecule has 0 spiro atoms. The number of carbonyl (C=O) groups is 1.